The van der Waals surface area contributed by atoms with Crippen LogP contribution >= 0.6 is 0 Å². The summed E-state index contributed by atoms with van der Waals surface area (Å²) in [5.74, 6) is 0. The highest BCUT2D eigenvalue weighted by atomic mass is 15.3. The number of nitrogens with zero attached hydrogens (tertiary/aromatic N) is 5. The molecule has 1 fully saturated rings. The summed E-state index contributed by atoms with van der Waals surface area (Å²) in [6, 6.07) is 8.07. The van der Waals surface area contributed by atoms with Crippen LogP contribution in [0.2, 0.25) is 0 Å². The van der Waals surface area contributed by atoms with E-state index in [4.69, 9.17) is 5.73 Å². The Kier molecular flexibility index (Phi) is 4.34. The second-order valence-corrected chi connectivity index (χ2v) is 6.94. The zero-order valence-corrected chi connectivity index (χ0v) is 15.3. The summed E-state index contributed by atoms with van der Waals surface area (Å²) in [7, 11) is 2.17. The van der Waals surface area contributed by atoms with E-state index in [9.17, 15) is 0 Å². The van der Waals surface area contributed by atoms with Crippen LogP contribution in [0.1, 0.15) is 5.56 Å². The van der Waals surface area contributed by atoms with Crippen molar-refractivity contribution in [2.75, 3.05) is 43.9 Å². The number of rotatable bonds is 3. The first-order valence-corrected chi connectivity index (χ1v) is 8.90. The van der Waals surface area contributed by atoms with Crippen molar-refractivity contribution < 1.29 is 0 Å². The van der Waals surface area contributed by atoms with Gasteiger partial charge in [0, 0.05) is 55.4 Å². The molecule has 1 saturated heterocycles. The molecule has 0 bridgehead atoms. The number of anilines is 2. The van der Waals surface area contributed by atoms with Gasteiger partial charge in [-0.15, -0.1) is 0 Å². The number of aromatic nitrogens is 3. The lowest BCUT2D eigenvalue weighted by Gasteiger charge is -2.33. The first-order valence-electron chi connectivity index (χ1n) is 8.90. The van der Waals surface area contributed by atoms with E-state index in [2.05, 4.69) is 39.9 Å². The number of likely N-dealkylation sites (N-methyl/N-ethyl adjacent to an activating group) is 1. The van der Waals surface area contributed by atoms with Crippen LogP contribution in [0, 0.1) is 6.92 Å². The van der Waals surface area contributed by atoms with Gasteiger partial charge in [-0.3, -0.25) is 4.98 Å². The van der Waals surface area contributed by atoms with Crippen LogP contribution in [-0.4, -0.2) is 52.9 Å². The molecule has 0 unspecified atom stereocenters. The first-order chi connectivity index (χ1) is 12.6. The topological polar surface area (TPSA) is 63.2 Å². The summed E-state index contributed by atoms with van der Waals surface area (Å²) in [5.41, 5.74) is 12.1. The van der Waals surface area contributed by atoms with Crippen molar-refractivity contribution in [3.05, 3.63) is 54.6 Å². The predicted octanol–water partition coefficient (Wildman–Crippen LogP) is 2.58. The first kappa shape index (κ1) is 16.6. The summed E-state index contributed by atoms with van der Waals surface area (Å²) in [6.07, 6.45) is 7.76. The molecule has 2 aromatic heterocycles. The molecule has 6 nitrogen and oxygen atoms in total. The summed E-state index contributed by atoms with van der Waals surface area (Å²) < 4.78 is 1.88. The highest BCUT2D eigenvalue weighted by molar-refractivity contribution is 5.67. The van der Waals surface area contributed by atoms with Crippen LogP contribution in [0.3, 0.4) is 0 Å². The molecule has 0 radical (unpaired) electrons. The number of nitrogen functional groups attached to an aromatic ring is 1. The summed E-state index contributed by atoms with van der Waals surface area (Å²) in [4.78, 5) is 9.20. The van der Waals surface area contributed by atoms with Crippen LogP contribution in [-0.2, 0) is 0 Å². The number of hydrogen-bond donors (Lipinski definition) is 1. The molecular formula is C20H24N6. The van der Waals surface area contributed by atoms with Gasteiger partial charge in [-0.2, -0.15) is 5.10 Å². The van der Waals surface area contributed by atoms with Gasteiger partial charge >= 0.3 is 0 Å². The monoisotopic (exact) mass is 348 g/mol. The summed E-state index contributed by atoms with van der Waals surface area (Å²) >= 11 is 0. The Morgan fingerprint density at radius 1 is 0.962 bits per heavy atom. The third-order valence-electron chi connectivity index (χ3n) is 4.99. The second kappa shape index (κ2) is 6.80. The van der Waals surface area contributed by atoms with Gasteiger partial charge in [0.1, 0.15) is 0 Å². The van der Waals surface area contributed by atoms with E-state index in [0.29, 0.717) is 0 Å². The molecule has 6 heteroatoms. The average Bonchev–Trinajstić information content (AvgIpc) is 3.14. The smallest absolute Gasteiger partial charge is 0.0695 e. The van der Waals surface area contributed by atoms with E-state index in [-0.39, 0.29) is 0 Å². The number of hydrogen-bond acceptors (Lipinski definition) is 5. The molecule has 4 rings (SSSR count). The second-order valence-electron chi connectivity index (χ2n) is 6.94. The molecule has 2 N–H and O–H groups in total. The van der Waals surface area contributed by atoms with Gasteiger partial charge in [0.05, 0.1) is 23.8 Å². The number of nitrogens with two attached hydrogens (primary N) is 1. The van der Waals surface area contributed by atoms with Crippen LogP contribution in [0.5, 0.6) is 0 Å². The molecule has 3 aromatic rings. The molecule has 0 aliphatic carbocycles. The molecular weight excluding hydrogens is 324 g/mol. The SMILES string of the molecule is Cc1ccc(N)cc1-n1cc(-c2cncc(N3CCN(C)CC3)c2)cn1. The predicted molar refractivity (Wildman–Crippen MR) is 106 cm³/mol. The molecule has 1 aliphatic rings. The molecule has 0 amide bonds. The van der Waals surface area contributed by atoms with Crippen LogP contribution in [0.15, 0.2) is 49.1 Å². The van der Waals surface area contributed by atoms with Crippen molar-refractivity contribution >= 4 is 11.4 Å². The number of piperazine rings is 1. The van der Waals surface area contributed by atoms with E-state index in [1.165, 1.54) is 5.69 Å². The molecule has 1 aromatic carbocycles. The minimum atomic E-state index is 0.737. The molecule has 0 atom stereocenters. The average molecular weight is 348 g/mol. The Labute approximate surface area is 153 Å². The summed E-state index contributed by atoms with van der Waals surface area (Å²) in [6.45, 7) is 6.28. The van der Waals surface area contributed by atoms with E-state index in [0.717, 1.165) is 54.2 Å². The minimum absolute atomic E-state index is 0.737. The van der Waals surface area contributed by atoms with Gasteiger partial charge in [-0.25, -0.2) is 4.68 Å². The molecule has 0 saturated carbocycles. The van der Waals surface area contributed by atoms with E-state index >= 15 is 0 Å². The third kappa shape index (κ3) is 3.28. The van der Waals surface area contributed by atoms with Gasteiger partial charge in [0.15, 0.2) is 0 Å². The van der Waals surface area contributed by atoms with Crippen LogP contribution < -0.4 is 10.6 Å². The van der Waals surface area contributed by atoms with E-state index in [1.54, 1.807) is 0 Å². The summed E-state index contributed by atoms with van der Waals surface area (Å²) in [5, 5.41) is 4.53. The van der Waals surface area contributed by atoms with Crippen molar-refractivity contribution in [3.63, 3.8) is 0 Å². The molecule has 1 aliphatic heterocycles. The fourth-order valence-electron chi connectivity index (χ4n) is 3.30. The van der Waals surface area contributed by atoms with Crippen LogP contribution in [0.4, 0.5) is 11.4 Å². The standard InChI is InChI=1S/C20H24N6/c1-15-3-4-18(21)10-20(15)26-14-17(12-23-26)16-9-19(13-22-11-16)25-7-5-24(2)6-8-25/h3-4,9-14H,5-8,21H2,1-2H3. The number of pyridine rings is 1. The Bertz CT molecular complexity index is 908. The highest BCUT2D eigenvalue weighted by Crippen LogP contribution is 2.25. The molecule has 134 valence electrons. The molecule has 3 heterocycles. The van der Waals surface area contributed by atoms with E-state index < -0.39 is 0 Å². The quantitative estimate of drug-likeness (QED) is 0.737. The number of benzene rings is 1. The van der Waals surface area contributed by atoms with Crippen LogP contribution in [0.25, 0.3) is 16.8 Å². The van der Waals surface area contributed by atoms with Crippen molar-refractivity contribution in [1.82, 2.24) is 19.7 Å². The Morgan fingerprint density at radius 3 is 2.58 bits per heavy atom. The molecule has 0 spiro atoms. The van der Waals surface area contributed by atoms with Crippen molar-refractivity contribution in [1.29, 1.82) is 0 Å². The fraction of sp³-hybridized carbons (Fsp3) is 0.300. The zero-order valence-electron chi connectivity index (χ0n) is 15.3. The maximum Gasteiger partial charge on any atom is 0.0695 e. The van der Waals surface area contributed by atoms with Gasteiger partial charge in [0.25, 0.3) is 0 Å². The lowest BCUT2D eigenvalue weighted by Crippen LogP contribution is -2.44. The normalized spacial score (nSPS) is 15.4. The zero-order chi connectivity index (χ0) is 18.1. The van der Waals surface area contributed by atoms with Crippen molar-refractivity contribution in [3.8, 4) is 16.8 Å². The van der Waals surface area contributed by atoms with Gasteiger partial charge in [0.2, 0.25) is 0 Å². The third-order valence-corrected chi connectivity index (χ3v) is 4.99. The maximum atomic E-state index is 5.93. The molecule has 26 heavy (non-hydrogen) atoms. The van der Waals surface area contributed by atoms with Gasteiger partial charge < -0.3 is 15.5 Å². The largest absolute Gasteiger partial charge is 0.399 e. The Balaban J connectivity index is 1.62. The Morgan fingerprint density at radius 2 is 1.77 bits per heavy atom. The van der Waals surface area contributed by atoms with E-state index in [1.807, 2.05) is 47.7 Å². The highest BCUT2D eigenvalue weighted by Gasteiger charge is 2.15. The lowest BCUT2D eigenvalue weighted by atomic mass is 10.1. The van der Waals surface area contributed by atoms with Crippen molar-refractivity contribution in [2.24, 2.45) is 0 Å². The van der Waals surface area contributed by atoms with Gasteiger partial charge in [-0.05, 0) is 37.7 Å². The fourth-order valence-corrected chi connectivity index (χ4v) is 3.30. The Hall–Kier alpha value is -2.86. The number of aryl methyl sites for hydroxylation is 1. The lowest BCUT2D eigenvalue weighted by molar-refractivity contribution is 0.313. The van der Waals surface area contributed by atoms with Gasteiger partial charge in [-0.1, -0.05) is 6.07 Å². The van der Waals surface area contributed by atoms with Crippen molar-refractivity contribution in [2.45, 2.75) is 6.92 Å². The minimum Gasteiger partial charge on any atom is -0.399 e. The maximum absolute atomic E-state index is 5.93.